The molecule has 1 aromatic carbocycles. The molecule has 1 heterocycles. The van der Waals surface area contributed by atoms with Crippen LogP contribution >= 0.6 is 11.6 Å². The minimum absolute atomic E-state index is 0.459. The third kappa shape index (κ3) is 2.28. The molecule has 1 aromatic heterocycles. The second kappa shape index (κ2) is 5.55. The van der Waals surface area contributed by atoms with Gasteiger partial charge in [-0.2, -0.15) is 5.10 Å². The second-order valence-corrected chi connectivity index (χ2v) is 4.60. The summed E-state index contributed by atoms with van der Waals surface area (Å²) in [4.78, 5) is 0. The van der Waals surface area contributed by atoms with Gasteiger partial charge in [0.15, 0.2) is 0 Å². The van der Waals surface area contributed by atoms with Crippen LogP contribution in [0.5, 0.6) is 0 Å². The van der Waals surface area contributed by atoms with Crippen molar-refractivity contribution in [1.82, 2.24) is 9.78 Å². The van der Waals surface area contributed by atoms with Crippen LogP contribution in [0.3, 0.4) is 0 Å². The summed E-state index contributed by atoms with van der Waals surface area (Å²) in [5.74, 6) is 0. The smallest absolute Gasteiger partial charge is 0.0879 e. The number of halogens is 1. The number of hydrogen-bond acceptors (Lipinski definition) is 2. The topological polar surface area (TPSA) is 43.8 Å². The molecule has 0 aliphatic rings. The molecule has 0 spiro atoms. The number of benzene rings is 1. The Labute approximate surface area is 113 Å². The SMILES string of the molecule is CCc1cc(CC)n(-c2c(Cl)cccc2CN)n1. The Morgan fingerprint density at radius 1 is 1.28 bits per heavy atom. The molecular formula is C14H18ClN3. The van der Waals surface area contributed by atoms with E-state index < -0.39 is 0 Å². The van der Waals surface area contributed by atoms with Crippen molar-refractivity contribution in [1.29, 1.82) is 0 Å². The van der Waals surface area contributed by atoms with Crippen LogP contribution in [0.4, 0.5) is 0 Å². The number of rotatable bonds is 4. The van der Waals surface area contributed by atoms with Crippen molar-refractivity contribution in [2.45, 2.75) is 33.2 Å². The van der Waals surface area contributed by atoms with Gasteiger partial charge in [0.05, 0.1) is 16.4 Å². The molecule has 96 valence electrons. The Bertz CT molecular complexity index is 546. The van der Waals surface area contributed by atoms with Crippen molar-refractivity contribution in [2.24, 2.45) is 5.73 Å². The summed E-state index contributed by atoms with van der Waals surface area (Å²) in [5, 5.41) is 5.31. The minimum atomic E-state index is 0.459. The average molecular weight is 264 g/mol. The molecule has 0 amide bonds. The van der Waals surface area contributed by atoms with Gasteiger partial charge in [0.2, 0.25) is 0 Å². The molecule has 0 unspecified atom stereocenters. The van der Waals surface area contributed by atoms with Gasteiger partial charge in [0.25, 0.3) is 0 Å². The fourth-order valence-corrected chi connectivity index (χ4v) is 2.33. The van der Waals surface area contributed by atoms with E-state index in [9.17, 15) is 0 Å². The molecule has 0 aliphatic carbocycles. The number of aryl methyl sites for hydroxylation is 2. The highest BCUT2D eigenvalue weighted by Crippen LogP contribution is 2.26. The maximum Gasteiger partial charge on any atom is 0.0879 e. The number of para-hydroxylation sites is 1. The Morgan fingerprint density at radius 2 is 2.06 bits per heavy atom. The molecule has 18 heavy (non-hydrogen) atoms. The molecular weight excluding hydrogens is 246 g/mol. The number of nitrogens with two attached hydrogens (primary N) is 1. The molecule has 2 aromatic rings. The van der Waals surface area contributed by atoms with Gasteiger partial charge < -0.3 is 5.73 Å². The van der Waals surface area contributed by atoms with E-state index in [4.69, 9.17) is 17.3 Å². The van der Waals surface area contributed by atoms with Gasteiger partial charge in [-0.15, -0.1) is 0 Å². The van der Waals surface area contributed by atoms with Crippen molar-refractivity contribution in [3.8, 4) is 5.69 Å². The highest BCUT2D eigenvalue weighted by molar-refractivity contribution is 6.32. The molecule has 0 radical (unpaired) electrons. The standard InChI is InChI=1S/C14H18ClN3/c1-3-11-8-12(4-2)18(17-11)14-10(9-16)6-5-7-13(14)15/h5-8H,3-4,9,16H2,1-2H3. The molecule has 3 nitrogen and oxygen atoms in total. The fourth-order valence-electron chi connectivity index (χ4n) is 2.06. The molecule has 0 fully saturated rings. The van der Waals surface area contributed by atoms with Crippen molar-refractivity contribution in [3.63, 3.8) is 0 Å². The summed E-state index contributed by atoms with van der Waals surface area (Å²) in [6.07, 6.45) is 1.84. The summed E-state index contributed by atoms with van der Waals surface area (Å²) in [7, 11) is 0. The molecule has 0 saturated carbocycles. The van der Waals surface area contributed by atoms with Crippen LogP contribution in [0, 0.1) is 0 Å². The predicted molar refractivity (Wildman–Crippen MR) is 75.2 cm³/mol. The van der Waals surface area contributed by atoms with Gasteiger partial charge in [-0.1, -0.05) is 37.6 Å². The highest BCUT2D eigenvalue weighted by Gasteiger charge is 2.13. The zero-order valence-corrected chi connectivity index (χ0v) is 11.5. The largest absolute Gasteiger partial charge is 0.326 e. The molecule has 0 atom stereocenters. The maximum atomic E-state index is 6.31. The summed E-state index contributed by atoms with van der Waals surface area (Å²) in [6.45, 7) is 4.68. The number of hydrogen-bond donors (Lipinski definition) is 1. The zero-order chi connectivity index (χ0) is 13.1. The van der Waals surface area contributed by atoms with Crippen molar-refractivity contribution in [2.75, 3.05) is 0 Å². The third-order valence-corrected chi connectivity index (χ3v) is 3.37. The van der Waals surface area contributed by atoms with Crippen LogP contribution in [0.1, 0.15) is 30.8 Å². The van der Waals surface area contributed by atoms with Crippen molar-refractivity contribution >= 4 is 11.6 Å². The molecule has 0 saturated heterocycles. The quantitative estimate of drug-likeness (QED) is 0.921. The van der Waals surface area contributed by atoms with Crippen molar-refractivity contribution < 1.29 is 0 Å². The van der Waals surface area contributed by atoms with Crippen LogP contribution < -0.4 is 5.73 Å². The van der Waals surface area contributed by atoms with E-state index in [2.05, 4.69) is 25.0 Å². The number of aromatic nitrogens is 2. The summed E-state index contributed by atoms with van der Waals surface area (Å²) in [6, 6.07) is 7.92. The molecule has 2 rings (SSSR count). The Morgan fingerprint density at radius 3 is 2.67 bits per heavy atom. The first kappa shape index (κ1) is 13.1. The van der Waals surface area contributed by atoms with Gasteiger partial charge in [0, 0.05) is 12.2 Å². The summed E-state index contributed by atoms with van der Waals surface area (Å²) >= 11 is 6.31. The first-order valence-corrected chi connectivity index (χ1v) is 6.64. The average Bonchev–Trinajstić information content (AvgIpc) is 2.81. The van der Waals surface area contributed by atoms with Crippen molar-refractivity contribution in [3.05, 3.63) is 46.2 Å². The summed E-state index contributed by atoms with van der Waals surface area (Å²) < 4.78 is 1.93. The highest BCUT2D eigenvalue weighted by atomic mass is 35.5. The van der Waals surface area contributed by atoms with Gasteiger partial charge in [-0.3, -0.25) is 0 Å². The predicted octanol–water partition coefficient (Wildman–Crippen LogP) is 3.11. The van der Waals surface area contributed by atoms with E-state index in [0.717, 1.165) is 35.5 Å². The van der Waals surface area contributed by atoms with Crippen LogP contribution in [0.15, 0.2) is 24.3 Å². The summed E-state index contributed by atoms with van der Waals surface area (Å²) in [5.41, 5.74) is 9.96. The lowest BCUT2D eigenvalue weighted by molar-refractivity contribution is 0.783. The van der Waals surface area contributed by atoms with Crippen LogP contribution in [0.2, 0.25) is 5.02 Å². The monoisotopic (exact) mass is 263 g/mol. The Hall–Kier alpha value is -1.32. The fraction of sp³-hybridized carbons (Fsp3) is 0.357. The van der Waals surface area contributed by atoms with E-state index in [1.54, 1.807) is 0 Å². The van der Waals surface area contributed by atoms with E-state index in [0.29, 0.717) is 11.6 Å². The molecule has 0 bridgehead atoms. The van der Waals surface area contributed by atoms with Gasteiger partial charge in [-0.05, 0) is 30.5 Å². The molecule has 2 N–H and O–H groups in total. The van der Waals surface area contributed by atoms with Crippen LogP contribution in [0.25, 0.3) is 5.69 Å². The zero-order valence-electron chi connectivity index (χ0n) is 10.8. The molecule has 4 heteroatoms. The lowest BCUT2D eigenvalue weighted by atomic mass is 10.1. The second-order valence-electron chi connectivity index (χ2n) is 4.20. The first-order valence-electron chi connectivity index (χ1n) is 6.26. The lowest BCUT2D eigenvalue weighted by Crippen LogP contribution is -2.09. The van der Waals surface area contributed by atoms with Gasteiger partial charge >= 0.3 is 0 Å². The van der Waals surface area contributed by atoms with Crippen LogP contribution in [-0.2, 0) is 19.4 Å². The Kier molecular flexibility index (Phi) is 4.04. The van der Waals surface area contributed by atoms with Crippen LogP contribution in [-0.4, -0.2) is 9.78 Å². The first-order chi connectivity index (χ1) is 8.71. The normalized spacial score (nSPS) is 10.9. The Balaban J connectivity index is 2.64. The minimum Gasteiger partial charge on any atom is -0.326 e. The third-order valence-electron chi connectivity index (χ3n) is 3.06. The van der Waals surface area contributed by atoms with E-state index >= 15 is 0 Å². The number of nitrogens with zero attached hydrogens (tertiary/aromatic N) is 2. The maximum absolute atomic E-state index is 6.31. The van der Waals surface area contributed by atoms with Gasteiger partial charge in [-0.25, -0.2) is 4.68 Å². The van der Waals surface area contributed by atoms with E-state index in [-0.39, 0.29) is 0 Å². The van der Waals surface area contributed by atoms with E-state index in [1.165, 1.54) is 0 Å². The van der Waals surface area contributed by atoms with E-state index in [1.807, 2.05) is 22.9 Å². The lowest BCUT2D eigenvalue weighted by Gasteiger charge is -2.12. The van der Waals surface area contributed by atoms with Gasteiger partial charge in [0.1, 0.15) is 0 Å². The molecule has 0 aliphatic heterocycles.